The number of ether oxygens (including phenoxy) is 1. The quantitative estimate of drug-likeness (QED) is 0.417. The van der Waals surface area contributed by atoms with Gasteiger partial charge in [0.2, 0.25) is 5.91 Å². The molecule has 1 aliphatic rings. The third-order valence-corrected chi connectivity index (χ3v) is 4.68. The Kier molecular flexibility index (Phi) is 8.95. The molecule has 0 radical (unpaired) electrons. The number of carbonyl (C=O) groups is 1. The first kappa shape index (κ1) is 21.1. The Labute approximate surface area is 163 Å². The summed E-state index contributed by atoms with van der Waals surface area (Å²) >= 11 is 0. The predicted octanol–water partition coefficient (Wildman–Crippen LogP) is 2.85. The Morgan fingerprint density at radius 2 is 2.07 bits per heavy atom. The van der Waals surface area contributed by atoms with Gasteiger partial charge in [-0.3, -0.25) is 4.79 Å². The molecule has 1 aliphatic heterocycles. The van der Waals surface area contributed by atoms with Gasteiger partial charge < -0.3 is 20.3 Å². The lowest BCUT2D eigenvalue weighted by Gasteiger charge is -2.20. The van der Waals surface area contributed by atoms with E-state index >= 15 is 0 Å². The van der Waals surface area contributed by atoms with Crippen LogP contribution in [0, 0.1) is 6.92 Å². The molecule has 0 unspecified atom stereocenters. The average molecular weight is 375 g/mol. The molecule has 0 atom stereocenters. The second kappa shape index (κ2) is 11.5. The molecular formula is C21H34N4O2. The third-order valence-electron chi connectivity index (χ3n) is 4.68. The summed E-state index contributed by atoms with van der Waals surface area (Å²) in [6, 6.07) is 6.16. The molecule has 0 spiro atoms. The van der Waals surface area contributed by atoms with Crippen LogP contribution in [0.1, 0.15) is 50.2 Å². The molecule has 0 saturated carbocycles. The van der Waals surface area contributed by atoms with E-state index in [-0.39, 0.29) is 0 Å². The number of carbonyl (C=O) groups excluding carboxylic acids is 1. The maximum atomic E-state index is 12.0. The van der Waals surface area contributed by atoms with Crippen LogP contribution < -0.4 is 15.4 Å². The van der Waals surface area contributed by atoms with E-state index in [9.17, 15) is 4.79 Å². The summed E-state index contributed by atoms with van der Waals surface area (Å²) in [7, 11) is 1.68. The van der Waals surface area contributed by atoms with Crippen LogP contribution in [0.4, 0.5) is 0 Å². The molecule has 0 bridgehead atoms. The molecule has 1 heterocycles. The average Bonchev–Trinajstić information content (AvgIpc) is 2.86. The van der Waals surface area contributed by atoms with Crippen LogP contribution >= 0.6 is 0 Å². The molecule has 1 saturated heterocycles. The van der Waals surface area contributed by atoms with Crippen molar-refractivity contribution in [1.82, 2.24) is 15.5 Å². The number of guanidine groups is 1. The largest absolute Gasteiger partial charge is 0.497 e. The lowest BCUT2D eigenvalue weighted by molar-refractivity contribution is -0.130. The summed E-state index contributed by atoms with van der Waals surface area (Å²) in [6.07, 6.45) is 4.96. The van der Waals surface area contributed by atoms with E-state index < -0.39 is 0 Å². The lowest BCUT2D eigenvalue weighted by atomic mass is 10.1. The molecule has 150 valence electrons. The maximum absolute atomic E-state index is 12.0. The fourth-order valence-corrected chi connectivity index (χ4v) is 3.30. The highest BCUT2D eigenvalue weighted by molar-refractivity contribution is 5.79. The lowest BCUT2D eigenvalue weighted by Crippen LogP contribution is -2.39. The first-order valence-electron chi connectivity index (χ1n) is 10.1. The summed E-state index contributed by atoms with van der Waals surface area (Å²) in [5.41, 5.74) is 2.29. The zero-order chi connectivity index (χ0) is 19.5. The van der Waals surface area contributed by atoms with Crippen molar-refractivity contribution in [2.45, 2.75) is 52.5 Å². The highest BCUT2D eigenvalue weighted by Gasteiger charge is 2.15. The predicted molar refractivity (Wildman–Crippen MR) is 110 cm³/mol. The summed E-state index contributed by atoms with van der Waals surface area (Å²) in [4.78, 5) is 18.7. The van der Waals surface area contributed by atoms with E-state index in [4.69, 9.17) is 4.74 Å². The molecule has 2 rings (SSSR count). The normalized spacial score (nSPS) is 15.4. The van der Waals surface area contributed by atoms with Crippen LogP contribution in [-0.4, -0.2) is 50.1 Å². The second-order valence-electron chi connectivity index (χ2n) is 7.03. The zero-order valence-corrected chi connectivity index (χ0v) is 17.0. The highest BCUT2D eigenvalue weighted by atomic mass is 16.5. The van der Waals surface area contributed by atoms with Crippen molar-refractivity contribution in [3.63, 3.8) is 0 Å². The first-order valence-corrected chi connectivity index (χ1v) is 10.1. The molecule has 1 amide bonds. The number of methoxy groups -OCH3 is 1. The Hall–Kier alpha value is -2.24. The van der Waals surface area contributed by atoms with E-state index in [2.05, 4.69) is 35.5 Å². The molecule has 1 aromatic rings. The molecule has 0 aromatic heterocycles. The second-order valence-corrected chi connectivity index (χ2v) is 7.03. The Morgan fingerprint density at radius 3 is 2.85 bits per heavy atom. The summed E-state index contributed by atoms with van der Waals surface area (Å²) in [6.45, 7) is 8.05. The monoisotopic (exact) mass is 374 g/mol. The first-order chi connectivity index (χ1) is 13.1. The van der Waals surface area contributed by atoms with E-state index in [1.807, 2.05) is 17.0 Å². The molecule has 2 N–H and O–H groups in total. The number of nitrogens with zero attached hydrogens (tertiary/aromatic N) is 2. The van der Waals surface area contributed by atoms with E-state index in [1.54, 1.807) is 7.11 Å². The Morgan fingerprint density at radius 1 is 1.22 bits per heavy atom. The fraction of sp³-hybridized carbons (Fsp3) is 0.619. The minimum absolute atomic E-state index is 0.307. The van der Waals surface area contributed by atoms with Gasteiger partial charge in [0.1, 0.15) is 5.75 Å². The number of nitrogens with one attached hydrogen (secondary N) is 2. The minimum Gasteiger partial charge on any atom is -0.497 e. The molecule has 1 aromatic carbocycles. The van der Waals surface area contributed by atoms with Crippen molar-refractivity contribution >= 4 is 11.9 Å². The van der Waals surface area contributed by atoms with E-state index in [1.165, 1.54) is 12.0 Å². The van der Waals surface area contributed by atoms with Gasteiger partial charge in [-0.25, -0.2) is 4.99 Å². The van der Waals surface area contributed by atoms with E-state index in [0.29, 0.717) is 18.9 Å². The number of hydrogen-bond acceptors (Lipinski definition) is 3. The molecule has 0 aliphatic carbocycles. The van der Waals surface area contributed by atoms with Crippen LogP contribution in [0.25, 0.3) is 0 Å². The number of amides is 1. The zero-order valence-electron chi connectivity index (χ0n) is 17.0. The van der Waals surface area contributed by atoms with Crippen molar-refractivity contribution in [2.75, 3.05) is 33.3 Å². The van der Waals surface area contributed by atoms with Crippen molar-refractivity contribution < 1.29 is 9.53 Å². The van der Waals surface area contributed by atoms with Gasteiger partial charge in [-0.05, 0) is 56.4 Å². The summed E-state index contributed by atoms with van der Waals surface area (Å²) in [5.74, 6) is 1.97. The standard InChI is InChI=1S/C21H34N4O2/c1-4-22-21(24-16-18-13-17(2)14-19(15-18)27-3)23-10-8-12-25-11-7-5-6-9-20(25)26/h13-15H,4-12,16H2,1-3H3,(H2,22,23,24). The highest BCUT2D eigenvalue weighted by Crippen LogP contribution is 2.17. The van der Waals surface area contributed by atoms with E-state index in [0.717, 1.165) is 62.7 Å². The van der Waals surface area contributed by atoms with Gasteiger partial charge >= 0.3 is 0 Å². The number of aryl methyl sites for hydroxylation is 1. The molecule has 6 heteroatoms. The number of benzene rings is 1. The Balaban J connectivity index is 1.82. The smallest absolute Gasteiger partial charge is 0.222 e. The van der Waals surface area contributed by atoms with Gasteiger partial charge in [0.15, 0.2) is 5.96 Å². The third kappa shape index (κ3) is 7.49. The van der Waals surface area contributed by atoms with Gasteiger partial charge in [0, 0.05) is 32.6 Å². The van der Waals surface area contributed by atoms with Gasteiger partial charge in [0.25, 0.3) is 0 Å². The van der Waals surface area contributed by atoms with Crippen LogP contribution in [0.5, 0.6) is 5.75 Å². The van der Waals surface area contributed by atoms with Crippen LogP contribution in [0.15, 0.2) is 23.2 Å². The van der Waals surface area contributed by atoms with Crippen molar-refractivity contribution in [3.8, 4) is 5.75 Å². The van der Waals surface area contributed by atoms with Crippen LogP contribution in [-0.2, 0) is 11.3 Å². The van der Waals surface area contributed by atoms with Gasteiger partial charge in [0.05, 0.1) is 13.7 Å². The summed E-state index contributed by atoms with van der Waals surface area (Å²) in [5, 5.41) is 6.65. The fourth-order valence-electron chi connectivity index (χ4n) is 3.30. The number of hydrogen-bond donors (Lipinski definition) is 2. The van der Waals surface area contributed by atoms with Crippen molar-refractivity contribution in [2.24, 2.45) is 4.99 Å². The molecule has 1 fully saturated rings. The number of likely N-dealkylation sites (tertiary alicyclic amines) is 1. The molecule has 27 heavy (non-hydrogen) atoms. The van der Waals surface area contributed by atoms with Crippen molar-refractivity contribution in [3.05, 3.63) is 29.3 Å². The SMILES string of the molecule is CCNC(=NCc1cc(C)cc(OC)c1)NCCCN1CCCCCC1=O. The van der Waals surface area contributed by atoms with Crippen molar-refractivity contribution in [1.29, 1.82) is 0 Å². The maximum Gasteiger partial charge on any atom is 0.222 e. The molecule has 6 nitrogen and oxygen atoms in total. The number of aliphatic imine (C=N–C) groups is 1. The summed E-state index contributed by atoms with van der Waals surface area (Å²) < 4.78 is 5.33. The minimum atomic E-state index is 0.307. The number of rotatable bonds is 8. The Bertz CT molecular complexity index is 631. The van der Waals surface area contributed by atoms with Gasteiger partial charge in [-0.1, -0.05) is 12.5 Å². The van der Waals surface area contributed by atoms with Crippen LogP contribution in [0.2, 0.25) is 0 Å². The van der Waals surface area contributed by atoms with Gasteiger partial charge in [-0.15, -0.1) is 0 Å². The van der Waals surface area contributed by atoms with Crippen LogP contribution in [0.3, 0.4) is 0 Å². The molecular weight excluding hydrogens is 340 g/mol. The topological polar surface area (TPSA) is 66.0 Å². The van der Waals surface area contributed by atoms with Gasteiger partial charge in [-0.2, -0.15) is 0 Å².